The van der Waals surface area contributed by atoms with Gasteiger partial charge in [0.05, 0.1) is 17.6 Å². The summed E-state index contributed by atoms with van der Waals surface area (Å²) in [7, 11) is 0. The molecular weight excluding hydrogens is 585 g/mol. The Labute approximate surface area is 236 Å². The van der Waals surface area contributed by atoms with E-state index < -0.39 is 0 Å². The second-order valence-corrected chi connectivity index (χ2v) is 19.1. The number of thioether (sulfide) groups is 8. The first-order valence-electron chi connectivity index (χ1n) is 10.5. The molecule has 182 valence electrons. The number of hydrogen-bond acceptors (Lipinski definition) is 11. The first kappa shape index (κ1) is 28.9. The molecule has 33 heavy (non-hydrogen) atoms. The van der Waals surface area contributed by atoms with Crippen LogP contribution in [0.25, 0.3) is 0 Å². The van der Waals surface area contributed by atoms with E-state index in [0.717, 1.165) is 34.5 Å². The van der Waals surface area contributed by atoms with Gasteiger partial charge in [-0.05, 0) is 37.1 Å². The van der Waals surface area contributed by atoms with Crippen molar-refractivity contribution in [3.05, 3.63) is 37.4 Å². The molecule has 0 aliphatic carbocycles. The molecule has 2 aliphatic heterocycles. The molecular formula is C22H28O2S9. The second-order valence-electron chi connectivity index (χ2n) is 7.06. The Morgan fingerprint density at radius 1 is 0.848 bits per heavy atom. The molecule has 11 heteroatoms. The summed E-state index contributed by atoms with van der Waals surface area (Å²) in [4.78, 5) is 22.8. The predicted octanol–water partition coefficient (Wildman–Crippen LogP) is 7.95. The van der Waals surface area contributed by atoms with Gasteiger partial charge in [-0.25, -0.2) is 0 Å². The maximum Gasteiger partial charge on any atom is 0.211 e. The van der Waals surface area contributed by atoms with Gasteiger partial charge < -0.3 is 0 Å². The molecule has 0 amide bonds. The standard InChI is InChI=1S/C22H28O2S9/c1-3-17(23)27-11-15-13-29-21(31-15)7-9-25-19-5-6-20(33-19)26-10-8-22-30-14-16(32-22)12-28-18(24)4-2/h3-6,15-16,21-22H,1-2,7-14H2. The SMILES string of the molecule is C=CC(=O)SCC1CSC(CCSc2ccc(SCCC3SCC(CSC(=O)C=C)S3)s2)S1. The van der Waals surface area contributed by atoms with E-state index in [4.69, 9.17) is 0 Å². The van der Waals surface area contributed by atoms with Crippen molar-refractivity contribution in [1.82, 2.24) is 0 Å². The van der Waals surface area contributed by atoms with Crippen LogP contribution in [-0.2, 0) is 9.59 Å². The number of carbonyl (C=O) groups excluding carboxylic acids is 2. The summed E-state index contributed by atoms with van der Waals surface area (Å²) >= 11 is 16.9. The summed E-state index contributed by atoms with van der Waals surface area (Å²) in [6, 6.07) is 4.55. The Bertz CT molecular complexity index is 734. The van der Waals surface area contributed by atoms with Gasteiger partial charge in [-0.2, -0.15) is 0 Å². The zero-order chi connectivity index (χ0) is 23.5. The van der Waals surface area contributed by atoms with E-state index in [2.05, 4.69) is 48.8 Å². The highest BCUT2D eigenvalue weighted by molar-refractivity contribution is 8.22. The van der Waals surface area contributed by atoms with E-state index in [1.807, 2.05) is 58.4 Å². The fourth-order valence-electron chi connectivity index (χ4n) is 2.93. The van der Waals surface area contributed by atoms with Gasteiger partial charge in [0, 0.05) is 45.0 Å². The van der Waals surface area contributed by atoms with Crippen LogP contribution in [0.4, 0.5) is 0 Å². The van der Waals surface area contributed by atoms with Crippen LogP contribution in [0, 0.1) is 0 Å². The Morgan fingerprint density at radius 3 is 1.73 bits per heavy atom. The van der Waals surface area contributed by atoms with Crippen molar-refractivity contribution >= 4 is 116 Å². The van der Waals surface area contributed by atoms with Crippen LogP contribution in [0.1, 0.15) is 12.8 Å². The zero-order valence-electron chi connectivity index (χ0n) is 18.2. The van der Waals surface area contributed by atoms with Gasteiger partial charge in [0.1, 0.15) is 0 Å². The van der Waals surface area contributed by atoms with Crippen molar-refractivity contribution in [3.8, 4) is 0 Å². The number of hydrogen-bond donors (Lipinski definition) is 0. The van der Waals surface area contributed by atoms with Gasteiger partial charge >= 0.3 is 0 Å². The van der Waals surface area contributed by atoms with Crippen molar-refractivity contribution < 1.29 is 9.59 Å². The molecule has 3 rings (SSSR count). The monoisotopic (exact) mass is 612 g/mol. The van der Waals surface area contributed by atoms with Crippen molar-refractivity contribution in [3.63, 3.8) is 0 Å². The summed E-state index contributed by atoms with van der Waals surface area (Å²) in [5.41, 5.74) is 0. The minimum Gasteiger partial charge on any atom is -0.282 e. The molecule has 0 saturated carbocycles. The number of thiophene rings is 1. The van der Waals surface area contributed by atoms with Crippen LogP contribution in [0.2, 0.25) is 0 Å². The Morgan fingerprint density at radius 2 is 1.30 bits per heavy atom. The van der Waals surface area contributed by atoms with Gasteiger partial charge in [-0.3, -0.25) is 9.59 Å². The van der Waals surface area contributed by atoms with Crippen LogP contribution in [-0.4, -0.2) is 64.4 Å². The third-order valence-corrected chi connectivity index (χ3v) is 17.4. The summed E-state index contributed by atoms with van der Waals surface area (Å²) in [5.74, 6) is 6.44. The lowest BCUT2D eigenvalue weighted by atomic mass is 10.5. The highest BCUT2D eigenvalue weighted by Gasteiger charge is 2.27. The van der Waals surface area contributed by atoms with E-state index in [1.165, 1.54) is 56.9 Å². The lowest BCUT2D eigenvalue weighted by molar-refractivity contribution is -0.107. The Kier molecular flexibility index (Phi) is 14.2. The third kappa shape index (κ3) is 11.1. The quantitative estimate of drug-likeness (QED) is 0.152. The van der Waals surface area contributed by atoms with E-state index in [-0.39, 0.29) is 10.2 Å². The van der Waals surface area contributed by atoms with Crippen molar-refractivity contribution in [1.29, 1.82) is 0 Å². The number of carbonyl (C=O) groups is 2. The van der Waals surface area contributed by atoms with Gasteiger partial charge in [0.15, 0.2) is 0 Å². The summed E-state index contributed by atoms with van der Waals surface area (Å²) in [6.45, 7) is 7.08. The fourth-order valence-corrected chi connectivity index (χ4v) is 15.8. The Balaban J connectivity index is 1.24. The molecule has 0 bridgehead atoms. The largest absolute Gasteiger partial charge is 0.282 e. The van der Waals surface area contributed by atoms with Crippen LogP contribution >= 0.6 is 105 Å². The van der Waals surface area contributed by atoms with Gasteiger partial charge in [-0.15, -0.1) is 81.9 Å². The smallest absolute Gasteiger partial charge is 0.211 e. The molecule has 2 aliphatic rings. The van der Waals surface area contributed by atoms with Crippen molar-refractivity contribution in [2.24, 2.45) is 0 Å². The maximum absolute atomic E-state index is 11.4. The molecule has 2 fully saturated rings. The van der Waals surface area contributed by atoms with Gasteiger partial charge in [-0.1, -0.05) is 36.7 Å². The molecule has 2 saturated heterocycles. The second kappa shape index (κ2) is 16.2. The first-order chi connectivity index (χ1) is 16.1. The van der Waals surface area contributed by atoms with E-state index in [9.17, 15) is 9.59 Å². The average molecular weight is 613 g/mol. The molecule has 1 aromatic rings. The molecule has 2 nitrogen and oxygen atoms in total. The average Bonchev–Trinajstić information content (AvgIpc) is 3.58. The van der Waals surface area contributed by atoms with Gasteiger partial charge in [0.2, 0.25) is 10.2 Å². The molecule has 0 spiro atoms. The topological polar surface area (TPSA) is 34.1 Å². The number of rotatable bonds is 14. The predicted molar refractivity (Wildman–Crippen MR) is 166 cm³/mol. The van der Waals surface area contributed by atoms with Crippen LogP contribution < -0.4 is 0 Å². The Hall–Kier alpha value is 1.32. The maximum atomic E-state index is 11.4. The highest BCUT2D eigenvalue weighted by atomic mass is 32.2. The fraction of sp³-hybridized carbons (Fsp3) is 0.545. The summed E-state index contributed by atoms with van der Waals surface area (Å²) in [6.07, 6.45) is 5.25. The first-order valence-corrected chi connectivity index (χ1v) is 19.3. The van der Waals surface area contributed by atoms with E-state index in [1.54, 1.807) is 0 Å². The van der Waals surface area contributed by atoms with E-state index in [0.29, 0.717) is 19.7 Å². The normalized spacial score (nSPS) is 24.7. The molecule has 0 N–H and O–H groups in total. The minimum atomic E-state index is 0.0898. The molecule has 1 aromatic heterocycles. The molecule has 3 heterocycles. The molecule has 0 radical (unpaired) electrons. The lowest BCUT2D eigenvalue weighted by Crippen LogP contribution is -2.06. The van der Waals surface area contributed by atoms with Crippen LogP contribution in [0.15, 0.2) is 45.9 Å². The van der Waals surface area contributed by atoms with Crippen LogP contribution in [0.3, 0.4) is 0 Å². The van der Waals surface area contributed by atoms with Crippen LogP contribution in [0.5, 0.6) is 0 Å². The van der Waals surface area contributed by atoms with Crippen molar-refractivity contribution in [2.75, 3.05) is 34.5 Å². The van der Waals surface area contributed by atoms with Crippen molar-refractivity contribution in [2.45, 2.75) is 40.9 Å². The third-order valence-electron chi connectivity index (χ3n) is 4.53. The molecule has 4 atom stereocenters. The summed E-state index contributed by atoms with van der Waals surface area (Å²) in [5, 5.41) is 1.35. The highest BCUT2D eigenvalue weighted by Crippen LogP contribution is 2.44. The summed E-state index contributed by atoms with van der Waals surface area (Å²) < 4.78 is 4.16. The lowest BCUT2D eigenvalue weighted by Gasteiger charge is -2.09. The van der Waals surface area contributed by atoms with Gasteiger partial charge in [0.25, 0.3) is 0 Å². The zero-order valence-corrected chi connectivity index (χ0v) is 25.5. The minimum absolute atomic E-state index is 0.0898. The molecule has 4 unspecified atom stereocenters. The molecule has 0 aromatic carbocycles. The van der Waals surface area contributed by atoms with E-state index >= 15 is 0 Å².